The van der Waals surface area contributed by atoms with E-state index >= 15 is 0 Å². The fourth-order valence-electron chi connectivity index (χ4n) is 1.87. The van der Waals surface area contributed by atoms with Crippen LogP contribution in [-0.4, -0.2) is 12.8 Å². The molecular weight excluding hydrogens is 270 g/mol. The van der Waals surface area contributed by atoms with Crippen molar-refractivity contribution in [3.8, 4) is 5.75 Å². The second-order valence-electron chi connectivity index (χ2n) is 4.67. The lowest BCUT2D eigenvalue weighted by atomic mass is 10.1. The van der Waals surface area contributed by atoms with Crippen LogP contribution < -0.4 is 4.74 Å². The minimum Gasteiger partial charge on any atom is -0.492 e. The lowest BCUT2D eigenvalue weighted by molar-refractivity contribution is 0.340. The van der Waals surface area contributed by atoms with Crippen LogP contribution in [0.1, 0.15) is 23.6 Å². The van der Waals surface area contributed by atoms with E-state index in [1.54, 1.807) is 0 Å². The first-order chi connectivity index (χ1) is 9.60. The maximum Gasteiger partial charge on any atom is 0.137 e. The van der Waals surface area contributed by atoms with Gasteiger partial charge in [0.05, 0.1) is 17.3 Å². The van der Waals surface area contributed by atoms with Crippen molar-refractivity contribution in [3.63, 3.8) is 0 Å². The minimum absolute atomic E-state index is 0.607. The summed E-state index contributed by atoms with van der Waals surface area (Å²) in [6, 6.07) is 11.9. The molecule has 0 amide bonds. The maximum absolute atomic E-state index is 6.16. The van der Waals surface area contributed by atoms with Gasteiger partial charge in [-0.05, 0) is 61.7 Å². The van der Waals surface area contributed by atoms with Crippen molar-refractivity contribution in [3.05, 3.63) is 58.1 Å². The molecule has 0 saturated heterocycles. The van der Waals surface area contributed by atoms with Gasteiger partial charge in [0.1, 0.15) is 5.75 Å². The van der Waals surface area contributed by atoms with Gasteiger partial charge in [-0.1, -0.05) is 23.7 Å². The Kier molecular flexibility index (Phi) is 4.80. The Morgan fingerprint density at radius 3 is 2.65 bits per heavy atom. The fourth-order valence-corrected chi connectivity index (χ4v) is 2.12. The summed E-state index contributed by atoms with van der Waals surface area (Å²) in [5, 5.41) is 0.608. The van der Waals surface area contributed by atoms with Crippen molar-refractivity contribution in [2.75, 3.05) is 6.61 Å². The molecule has 2 aromatic rings. The average molecular weight is 288 g/mol. The van der Waals surface area contributed by atoms with Gasteiger partial charge in [-0.3, -0.25) is 4.99 Å². The monoisotopic (exact) mass is 287 g/mol. The summed E-state index contributed by atoms with van der Waals surface area (Å²) >= 11 is 6.16. The molecule has 0 aliphatic heterocycles. The smallest absolute Gasteiger partial charge is 0.137 e. The fraction of sp³-hybridized carbons (Fsp3) is 0.235. The Labute approximate surface area is 125 Å². The molecule has 2 aromatic carbocycles. The third-order valence-corrected chi connectivity index (χ3v) is 3.27. The highest BCUT2D eigenvalue weighted by Crippen LogP contribution is 2.25. The molecule has 3 heteroatoms. The lowest BCUT2D eigenvalue weighted by Crippen LogP contribution is -1.92. The molecule has 0 radical (unpaired) electrons. The molecule has 2 nitrogen and oxygen atoms in total. The van der Waals surface area contributed by atoms with Gasteiger partial charge in [0.2, 0.25) is 0 Å². The van der Waals surface area contributed by atoms with Crippen LogP contribution in [0, 0.1) is 13.8 Å². The Morgan fingerprint density at radius 1 is 1.15 bits per heavy atom. The van der Waals surface area contributed by atoms with Gasteiger partial charge in [-0.25, -0.2) is 0 Å². The van der Waals surface area contributed by atoms with Crippen LogP contribution >= 0.6 is 11.6 Å². The highest BCUT2D eigenvalue weighted by Gasteiger charge is 2.01. The quantitative estimate of drug-likeness (QED) is 0.716. The summed E-state index contributed by atoms with van der Waals surface area (Å²) in [5.41, 5.74) is 4.30. The highest BCUT2D eigenvalue weighted by molar-refractivity contribution is 6.32. The summed E-state index contributed by atoms with van der Waals surface area (Å²) in [6.45, 7) is 6.66. The lowest BCUT2D eigenvalue weighted by Gasteiger charge is -2.06. The van der Waals surface area contributed by atoms with Crippen LogP contribution in [0.3, 0.4) is 0 Å². The van der Waals surface area contributed by atoms with Crippen LogP contribution in [0.5, 0.6) is 5.75 Å². The van der Waals surface area contributed by atoms with Gasteiger partial charge in [0.25, 0.3) is 0 Å². The van der Waals surface area contributed by atoms with Crippen molar-refractivity contribution in [2.45, 2.75) is 20.8 Å². The van der Waals surface area contributed by atoms with Crippen molar-refractivity contribution < 1.29 is 4.74 Å². The summed E-state index contributed by atoms with van der Waals surface area (Å²) in [5.74, 6) is 0.707. The van der Waals surface area contributed by atoms with Gasteiger partial charge >= 0.3 is 0 Å². The Hall–Kier alpha value is -1.80. The number of halogens is 1. The number of ether oxygens (including phenoxy) is 1. The summed E-state index contributed by atoms with van der Waals surface area (Å²) in [7, 11) is 0. The zero-order valence-electron chi connectivity index (χ0n) is 12.0. The van der Waals surface area contributed by atoms with Crippen LogP contribution in [0.2, 0.25) is 5.02 Å². The molecule has 20 heavy (non-hydrogen) atoms. The second kappa shape index (κ2) is 6.58. The molecule has 104 valence electrons. The van der Waals surface area contributed by atoms with E-state index in [1.807, 2.05) is 31.3 Å². The molecule has 0 fully saturated rings. The van der Waals surface area contributed by atoms with E-state index in [-0.39, 0.29) is 0 Å². The highest BCUT2D eigenvalue weighted by atomic mass is 35.5. The predicted molar refractivity (Wildman–Crippen MR) is 85.8 cm³/mol. The van der Waals surface area contributed by atoms with Gasteiger partial charge < -0.3 is 4.74 Å². The van der Waals surface area contributed by atoms with Gasteiger partial charge in [0.15, 0.2) is 0 Å². The van der Waals surface area contributed by atoms with E-state index in [0.717, 1.165) is 16.8 Å². The van der Waals surface area contributed by atoms with Gasteiger partial charge in [-0.15, -0.1) is 0 Å². The summed E-state index contributed by atoms with van der Waals surface area (Å²) in [4.78, 5) is 4.53. The topological polar surface area (TPSA) is 21.6 Å². The normalized spacial score (nSPS) is 11.0. The van der Waals surface area contributed by atoms with E-state index in [2.05, 4.69) is 37.0 Å². The molecule has 0 heterocycles. The molecule has 0 unspecified atom stereocenters. The number of rotatable bonds is 4. The summed E-state index contributed by atoms with van der Waals surface area (Å²) < 4.78 is 5.41. The van der Waals surface area contributed by atoms with Crippen LogP contribution in [0.4, 0.5) is 5.69 Å². The Balaban J connectivity index is 2.23. The number of benzene rings is 2. The number of aryl methyl sites for hydroxylation is 2. The molecule has 0 atom stereocenters. The molecule has 0 N–H and O–H groups in total. The van der Waals surface area contributed by atoms with Crippen molar-refractivity contribution in [1.82, 2.24) is 0 Å². The van der Waals surface area contributed by atoms with E-state index in [1.165, 1.54) is 5.56 Å². The molecular formula is C17H18ClNO. The molecule has 2 rings (SSSR count). The average Bonchev–Trinajstić information content (AvgIpc) is 2.43. The first-order valence-corrected chi connectivity index (χ1v) is 7.01. The zero-order valence-corrected chi connectivity index (χ0v) is 12.7. The third kappa shape index (κ3) is 3.61. The number of hydrogen-bond donors (Lipinski definition) is 0. The second-order valence-corrected chi connectivity index (χ2v) is 5.08. The third-order valence-electron chi connectivity index (χ3n) is 2.97. The minimum atomic E-state index is 0.607. The van der Waals surface area contributed by atoms with E-state index in [4.69, 9.17) is 16.3 Å². The largest absolute Gasteiger partial charge is 0.492 e. The molecule has 0 bridgehead atoms. The molecule has 0 saturated carbocycles. The first-order valence-electron chi connectivity index (χ1n) is 6.64. The van der Waals surface area contributed by atoms with Crippen LogP contribution in [0.15, 0.2) is 41.4 Å². The first kappa shape index (κ1) is 14.6. The molecule has 0 spiro atoms. The Bertz CT molecular complexity index is 635. The number of nitrogens with zero attached hydrogens (tertiary/aromatic N) is 1. The van der Waals surface area contributed by atoms with Crippen LogP contribution in [-0.2, 0) is 0 Å². The SMILES string of the molecule is CCOc1ccc(C=Nc2cc(C)ccc2C)cc1Cl. The molecule has 0 aliphatic carbocycles. The zero-order chi connectivity index (χ0) is 14.5. The standard InChI is InChI=1S/C17H18ClNO/c1-4-20-17-8-7-14(10-15(17)18)11-19-16-9-12(2)5-6-13(16)3/h5-11H,4H2,1-3H3. The molecule has 0 aromatic heterocycles. The number of aliphatic imine (C=N–C) groups is 1. The van der Waals surface area contributed by atoms with E-state index < -0.39 is 0 Å². The van der Waals surface area contributed by atoms with Crippen molar-refractivity contribution in [2.24, 2.45) is 4.99 Å². The van der Waals surface area contributed by atoms with E-state index in [9.17, 15) is 0 Å². The summed E-state index contributed by atoms with van der Waals surface area (Å²) in [6.07, 6.45) is 1.82. The predicted octanol–water partition coefficient (Wildman–Crippen LogP) is 5.11. The Morgan fingerprint density at radius 2 is 1.95 bits per heavy atom. The van der Waals surface area contributed by atoms with Gasteiger partial charge in [0, 0.05) is 6.21 Å². The maximum atomic E-state index is 6.16. The van der Waals surface area contributed by atoms with Crippen molar-refractivity contribution >= 4 is 23.5 Å². The van der Waals surface area contributed by atoms with E-state index in [0.29, 0.717) is 17.4 Å². The molecule has 0 aliphatic rings. The van der Waals surface area contributed by atoms with Crippen LogP contribution in [0.25, 0.3) is 0 Å². The van der Waals surface area contributed by atoms with Gasteiger partial charge in [-0.2, -0.15) is 0 Å². The van der Waals surface area contributed by atoms with Crippen molar-refractivity contribution in [1.29, 1.82) is 0 Å². The number of hydrogen-bond acceptors (Lipinski definition) is 2.